The highest BCUT2D eigenvalue weighted by Crippen LogP contribution is 2.45. The van der Waals surface area contributed by atoms with Gasteiger partial charge in [-0.25, -0.2) is 10.00 Å². The van der Waals surface area contributed by atoms with Gasteiger partial charge in [0, 0.05) is 17.2 Å². The van der Waals surface area contributed by atoms with Crippen LogP contribution in [0.25, 0.3) is 0 Å². The highest BCUT2D eigenvalue weighted by molar-refractivity contribution is 6.36. The van der Waals surface area contributed by atoms with Crippen molar-refractivity contribution in [2.24, 2.45) is 0 Å². The van der Waals surface area contributed by atoms with Crippen LogP contribution in [0.1, 0.15) is 63.6 Å². The van der Waals surface area contributed by atoms with E-state index in [4.69, 9.17) is 16.3 Å². The lowest BCUT2D eigenvalue weighted by Gasteiger charge is -2.21. The van der Waals surface area contributed by atoms with Crippen LogP contribution in [0.15, 0.2) is 41.2 Å². The van der Waals surface area contributed by atoms with E-state index in [0.29, 0.717) is 41.0 Å². The van der Waals surface area contributed by atoms with Crippen molar-refractivity contribution in [3.63, 3.8) is 0 Å². The van der Waals surface area contributed by atoms with Crippen LogP contribution >= 0.6 is 11.6 Å². The highest BCUT2D eigenvalue weighted by atomic mass is 35.5. The smallest absolute Gasteiger partial charge is 0.267 e. The molecule has 7 nitrogen and oxygen atoms in total. The van der Waals surface area contributed by atoms with Crippen molar-refractivity contribution in [3.8, 4) is 11.6 Å². The zero-order valence-electron chi connectivity index (χ0n) is 17.6. The molecule has 162 valence electrons. The number of halogens is 1. The number of aromatic amines is 1. The second-order valence-corrected chi connectivity index (χ2v) is 8.66. The van der Waals surface area contributed by atoms with E-state index < -0.39 is 0 Å². The van der Waals surface area contributed by atoms with Crippen molar-refractivity contribution in [1.82, 2.24) is 10.2 Å². The molecule has 0 unspecified atom stereocenters. The SMILES string of the molecule is CC(C)c1cc(Oc2c(Cl)cc(N3C(=O)c4ccccc4C3=O)c3c2CCC3)n[nH]c1=O. The first-order valence-corrected chi connectivity index (χ1v) is 10.8. The van der Waals surface area contributed by atoms with Gasteiger partial charge in [0.2, 0.25) is 5.88 Å². The van der Waals surface area contributed by atoms with E-state index in [1.54, 1.807) is 36.4 Å². The monoisotopic (exact) mass is 449 g/mol. The number of hydrogen-bond donors (Lipinski definition) is 1. The number of hydrogen-bond acceptors (Lipinski definition) is 5. The summed E-state index contributed by atoms with van der Waals surface area (Å²) in [4.78, 5) is 39.2. The standard InChI is InChI=1S/C24H20ClN3O4/c1-12(2)17-10-20(26-27-22(17)29)32-21-14-9-5-8-13(14)19(11-18(21)25)28-23(30)15-6-3-4-7-16(15)24(28)31/h3-4,6-7,10-12H,5,8-9H2,1-2H3,(H,27,29). The van der Waals surface area contributed by atoms with Crippen molar-refractivity contribution in [1.29, 1.82) is 0 Å². The van der Waals surface area contributed by atoms with Gasteiger partial charge < -0.3 is 4.74 Å². The van der Waals surface area contributed by atoms with Crippen LogP contribution in [-0.2, 0) is 12.8 Å². The molecule has 8 heteroatoms. The zero-order chi connectivity index (χ0) is 22.6. The number of carbonyl (C=O) groups is 2. The lowest BCUT2D eigenvalue weighted by Crippen LogP contribution is -2.30. The average molecular weight is 450 g/mol. The topological polar surface area (TPSA) is 92.4 Å². The Hall–Kier alpha value is -3.45. The lowest BCUT2D eigenvalue weighted by atomic mass is 10.1. The van der Waals surface area contributed by atoms with Gasteiger partial charge in [0.1, 0.15) is 0 Å². The van der Waals surface area contributed by atoms with Crippen molar-refractivity contribution in [2.75, 3.05) is 4.90 Å². The van der Waals surface area contributed by atoms with E-state index in [0.717, 1.165) is 17.5 Å². The van der Waals surface area contributed by atoms with Crippen LogP contribution in [0.4, 0.5) is 5.69 Å². The predicted octanol–water partition coefficient (Wildman–Crippen LogP) is 4.63. The molecule has 2 heterocycles. The summed E-state index contributed by atoms with van der Waals surface area (Å²) in [7, 11) is 0. The Balaban J connectivity index is 1.58. The fourth-order valence-corrected chi connectivity index (χ4v) is 4.65. The number of rotatable bonds is 4. The summed E-state index contributed by atoms with van der Waals surface area (Å²) < 4.78 is 6.03. The Morgan fingerprint density at radius 1 is 1.03 bits per heavy atom. The number of benzene rings is 2. The third kappa shape index (κ3) is 3.12. The van der Waals surface area contributed by atoms with Crippen molar-refractivity contribution < 1.29 is 14.3 Å². The molecule has 1 aliphatic carbocycles. The number of amides is 2. The summed E-state index contributed by atoms with van der Waals surface area (Å²) in [5.41, 5.74) is 3.29. The molecule has 1 aliphatic heterocycles. The molecule has 1 aromatic heterocycles. The second-order valence-electron chi connectivity index (χ2n) is 8.26. The van der Waals surface area contributed by atoms with E-state index in [9.17, 15) is 14.4 Å². The van der Waals surface area contributed by atoms with E-state index in [-0.39, 0.29) is 34.2 Å². The first kappa shape index (κ1) is 20.5. The molecule has 2 amide bonds. The number of H-pyrrole nitrogens is 1. The first-order chi connectivity index (χ1) is 15.4. The largest absolute Gasteiger partial charge is 0.436 e. The number of ether oxygens (including phenoxy) is 1. The zero-order valence-corrected chi connectivity index (χ0v) is 18.3. The van der Waals surface area contributed by atoms with Crippen LogP contribution in [-0.4, -0.2) is 22.0 Å². The molecule has 1 N–H and O–H groups in total. The molecule has 0 bridgehead atoms. The molecule has 3 aromatic rings. The van der Waals surface area contributed by atoms with Crippen LogP contribution in [0.5, 0.6) is 11.6 Å². The fourth-order valence-electron chi connectivity index (χ4n) is 4.40. The van der Waals surface area contributed by atoms with Gasteiger partial charge in [-0.3, -0.25) is 14.4 Å². The maximum absolute atomic E-state index is 13.0. The summed E-state index contributed by atoms with van der Waals surface area (Å²) in [6, 6.07) is 10.0. The Kier molecular flexibility index (Phi) is 4.86. The van der Waals surface area contributed by atoms with Gasteiger partial charge in [0.15, 0.2) is 5.75 Å². The van der Waals surface area contributed by atoms with Crippen LogP contribution in [0.3, 0.4) is 0 Å². The Bertz CT molecular complexity index is 1310. The van der Waals surface area contributed by atoms with Crippen molar-refractivity contribution in [3.05, 3.63) is 79.6 Å². The molecule has 2 aliphatic rings. The highest BCUT2D eigenvalue weighted by Gasteiger charge is 2.39. The minimum atomic E-state index is -0.353. The normalized spacial score (nSPS) is 14.8. The van der Waals surface area contributed by atoms with E-state index in [2.05, 4.69) is 10.2 Å². The number of aromatic nitrogens is 2. The number of carbonyl (C=O) groups excluding carboxylic acids is 2. The molecule has 0 spiro atoms. The average Bonchev–Trinajstić information content (AvgIpc) is 3.35. The van der Waals surface area contributed by atoms with Crippen molar-refractivity contribution >= 4 is 29.1 Å². The molecule has 5 rings (SSSR count). The Morgan fingerprint density at radius 3 is 2.34 bits per heavy atom. The maximum atomic E-state index is 13.0. The molecule has 0 fully saturated rings. The molecule has 2 aromatic carbocycles. The molecular formula is C24H20ClN3O4. The van der Waals surface area contributed by atoms with Gasteiger partial charge in [-0.2, -0.15) is 0 Å². The van der Waals surface area contributed by atoms with Gasteiger partial charge in [0.05, 0.1) is 21.8 Å². The van der Waals surface area contributed by atoms with Crippen LogP contribution < -0.4 is 15.2 Å². The number of nitrogens with one attached hydrogen (secondary N) is 1. The van der Waals surface area contributed by atoms with Crippen LogP contribution in [0.2, 0.25) is 5.02 Å². The summed E-state index contributed by atoms with van der Waals surface area (Å²) in [5.74, 6) is -0.0327. The van der Waals surface area contributed by atoms with Gasteiger partial charge in [-0.15, -0.1) is 5.10 Å². The molecule has 0 atom stereocenters. The molecular weight excluding hydrogens is 430 g/mol. The minimum Gasteiger partial charge on any atom is -0.436 e. The second kappa shape index (κ2) is 7.60. The fraction of sp³-hybridized carbons (Fsp3) is 0.250. The summed E-state index contributed by atoms with van der Waals surface area (Å²) in [6.07, 6.45) is 2.24. The van der Waals surface area contributed by atoms with E-state index in [1.807, 2.05) is 13.8 Å². The minimum absolute atomic E-state index is 0.00138. The quantitative estimate of drug-likeness (QED) is 0.586. The predicted molar refractivity (Wildman–Crippen MR) is 120 cm³/mol. The summed E-state index contributed by atoms with van der Waals surface area (Å²) >= 11 is 6.61. The molecule has 0 radical (unpaired) electrons. The lowest BCUT2D eigenvalue weighted by molar-refractivity contribution is 0.0926. The number of nitrogens with zero attached hydrogens (tertiary/aromatic N) is 2. The third-order valence-corrected chi connectivity index (χ3v) is 6.23. The van der Waals surface area contributed by atoms with Crippen molar-refractivity contribution in [2.45, 2.75) is 39.0 Å². The van der Waals surface area contributed by atoms with Gasteiger partial charge >= 0.3 is 0 Å². The van der Waals surface area contributed by atoms with Crippen LogP contribution in [0, 0.1) is 0 Å². The molecule has 0 saturated carbocycles. The molecule has 0 saturated heterocycles. The summed E-state index contributed by atoms with van der Waals surface area (Å²) in [5, 5.41) is 6.74. The van der Waals surface area contributed by atoms with Gasteiger partial charge in [0.25, 0.3) is 17.4 Å². The van der Waals surface area contributed by atoms with E-state index >= 15 is 0 Å². The third-order valence-electron chi connectivity index (χ3n) is 5.95. The Labute approximate surface area is 189 Å². The van der Waals surface area contributed by atoms with E-state index in [1.165, 1.54) is 4.90 Å². The van der Waals surface area contributed by atoms with Gasteiger partial charge in [-0.1, -0.05) is 37.6 Å². The molecule has 32 heavy (non-hydrogen) atoms. The number of anilines is 1. The first-order valence-electron chi connectivity index (χ1n) is 10.5. The Morgan fingerprint density at radius 2 is 1.69 bits per heavy atom. The number of fused-ring (bicyclic) bond motifs is 2. The summed E-state index contributed by atoms with van der Waals surface area (Å²) in [6.45, 7) is 3.83. The van der Waals surface area contributed by atoms with Gasteiger partial charge in [-0.05, 0) is 48.9 Å². The number of imide groups is 1. The maximum Gasteiger partial charge on any atom is 0.267 e.